The zero-order chi connectivity index (χ0) is 15.9. The summed E-state index contributed by atoms with van der Waals surface area (Å²) in [5.41, 5.74) is 1.76. The Morgan fingerprint density at radius 1 is 1.23 bits per heavy atom. The van der Waals surface area contributed by atoms with Gasteiger partial charge in [0.1, 0.15) is 6.04 Å². The van der Waals surface area contributed by atoms with Crippen LogP contribution < -0.4 is 0 Å². The van der Waals surface area contributed by atoms with Crippen LogP contribution >= 0.6 is 0 Å². The summed E-state index contributed by atoms with van der Waals surface area (Å²) < 4.78 is 0. The molecular formula is C18H21NO3. The minimum Gasteiger partial charge on any atom is -0.480 e. The van der Waals surface area contributed by atoms with Gasteiger partial charge in [0.15, 0.2) is 5.78 Å². The third kappa shape index (κ3) is 2.48. The number of carboxylic acid groups (broad SMARTS) is 1. The number of hydrogen-bond acceptors (Lipinski definition) is 3. The summed E-state index contributed by atoms with van der Waals surface area (Å²) in [6, 6.07) is 9.21. The van der Waals surface area contributed by atoms with Gasteiger partial charge < -0.3 is 5.11 Å². The van der Waals surface area contributed by atoms with E-state index >= 15 is 0 Å². The lowest BCUT2D eigenvalue weighted by atomic mass is 9.97. The maximum Gasteiger partial charge on any atom is 0.321 e. The lowest BCUT2D eigenvalue weighted by Crippen LogP contribution is -2.44. The number of carbonyl (C=O) groups is 2. The summed E-state index contributed by atoms with van der Waals surface area (Å²) in [4.78, 5) is 26.1. The monoisotopic (exact) mass is 299 g/mol. The van der Waals surface area contributed by atoms with Gasteiger partial charge in [-0.25, -0.2) is 0 Å². The molecule has 0 bridgehead atoms. The molecule has 1 heterocycles. The number of fused-ring (bicyclic) bond motifs is 1. The summed E-state index contributed by atoms with van der Waals surface area (Å²) in [6.07, 6.45) is 2.04. The molecule has 1 N–H and O–H groups in total. The second-order valence-corrected chi connectivity index (χ2v) is 6.56. The van der Waals surface area contributed by atoms with Crippen LogP contribution in [0.2, 0.25) is 0 Å². The highest BCUT2D eigenvalue weighted by Crippen LogP contribution is 2.39. The molecule has 2 aliphatic rings. The molecule has 4 nitrogen and oxygen atoms in total. The number of carboxylic acids is 1. The van der Waals surface area contributed by atoms with E-state index in [4.69, 9.17) is 0 Å². The number of nitrogens with zero attached hydrogens (tertiary/aromatic N) is 1. The zero-order valence-electron chi connectivity index (χ0n) is 12.9. The molecule has 1 fully saturated rings. The fourth-order valence-electron chi connectivity index (χ4n) is 3.75. The van der Waals surface area contributed by atoms with Crippen LogP contribution in [0.4, 0.5) is 0 Å². The van der Waals surface area contributed by atoms with Crippen LogP contribution in [-0.4, -0.2) is 40.9 Å². The van der Waals surface area contributed by atoms with E-state index in [2.05, 4.69) is 0 Å². The number of likely N-dealkylation sites (tertiary alicyclic amines) is 1. The van der Waals surface area contributed by atoms with Crippen molar-refractivity contribution in [3.05, 3.63) is 42.0 Å². The second kappa shape index (κ2) is 5.69. The van der Waals surface area contributed by atoms with Crippen LogP contribution in [0.15, 0.2) is 36.4 Å². The molecule has 0 radical (unpaired) electrons. The molecule has 3 atom stereocenters. The Labute approximate surface area is 130 Å². The Morgan fingerprint density at radius 3 is 2.45 bits per heavy atom. The number of aliphatic carboxylic acids is 1. The summed E-state index contributed by atoms with van der Waals surface area (Å²) in [7, 11) is 0. The van der Waals surface area contributed by atoms with Crippen molar-refractivity contribution in [3.63, 3.8) is 0 Å². The van der Waals surface area contributed by atoms with Crippen LogP contribution in [0, 0.1) is 17.8 Å². The first-order valence-electron chi connectivity index (χ1n) is 7.77. The second-order valence-electron chi connectivity index (χ2n) is 6.56. The summed E-state index contributed by atoms with van der Waals surface area (Å²) in [5.74, 6) is -0.551. The molecule has 3 rings (SSSR count). The van der Waals surface area contributed by atoms with E-state index in [1.165, 1.54) is 0 Å². The third-order valence-corrected chi connectivity index (χ3v) is 4.74. The number of allylic oxidation sites excluding steroid dienone is 1. The molecule has 116 valence electrons. The highest BCUT2D eigenvalue weighted by Gasteiger charge is 2.46. The van der Waals surface area contributed by atoms with E-state index in [9.17, 15) is 14.7 Å². The quantitative estimate of drug-likeness (QED) is 0.927. The molecule has 1 saturated heterocycles. The average Bonchev–Trinajstić information content (AvgIpc) is 2.99. The van der Waals surface area contributed by atoms with Gasteiger partial charge in [-0.05, 0) is 11.5 Å². The predicted molar refractivity (Wildman–Crippen MR) is 84.2 cm³/mol. The molecule has 0 amide bonds. The molecule has 1 unspecified atom stereocenters. The summed E-state index contributed by atoms with van der Waals surface area (Å²) in [5, 5.41) is 9.42. The van der Waals surface area contributed by atoms with Crippen molar-refractivity contribution >= 4 is 17.3 Å². The number of carbonyl (C=O) groups excluding carboxylic acids is 1. The van der Waals surface area contributed by atoms with Crippen LogP contribution in [-0.2, 0) is 9.59 Å². The van der Waals surface area contributed by atoms with Crippen molar-refractivity contribution < 1.29 is 14.7 Å². The van der Waals surface area contributed by atoms with E-state index < -0.39 is 12.0 Å². The van der Waals surface area contributed by atoms with E-state index in [0.29, 0.717) is 13.1 Å². The largest absolute Gasteiger partial charge is 0.480 e. The zero-order valence-corrected chi connectivity index (χ0v) is 12.9. The van der Waals surface area contributed by atoms with Gasteiger partial charge in [-0.1, -0.05) is 50.3 Å². The van der Waals surface area contributed by atoms with Crippen molar-refractivity contribution in [2.45, 2.75) is 19.9 Å². The van der Waals surface area contributed by atoms with E-state index in [1.807, 2.05) is 55.2 Å². The number of rotatable bonds is 4. The van der Waals surface area contributed by atoms with Crippen LogP contribution in [0.3, 0.4) is 0 Å². The van der Waals surface area contributed by atoms with Crippen molar-refractivity contribution in [2.75, 3.05) is 13.1 Å². The lowest BCUT2D eigenvalue weighted by molar-refractivity contribution is -0.144. The van der Waals surface area contributed by atoms with Crippen LogP contribution in [0.1, 0.15) is 19.4 Å². The van der Waals surface area contributed by atoms with E-state index in [-0.39, 0.29) is 23.5 Å². The molecule has 0 aromatic heterocycles. The van der Waals surface area contributed by atoms with Gasteiger partial charge >= 0.3 is 5.97 Å². The van der Waals surface area contributed by atoms with Crippen molar-refractivity contribution in [2.24, 2.45) is 17.8 Å². The highest BCUT2D eigenvalue weighted by molar-refractivity contribution is 6.24. The Kier molecular flexibility index (Phi) is 3.87. The molecule has 4 heteroatoms. The van der Waals surface area contributed by atoms with Gasteiger partial charge in [0.05, 0.1) is 0 Å². The van der Waals surface area contributed by atoms with Gasteiger partial charge in [-0.15, -0.1) is 0 Å². The topological polar surface area (TPSA) is 57.6 Å². The predicted octanol–water partition coefficient (Wildman–Crippen LogP) is 2.31. The first-order chi connectivity index (χ1) is 10.5. The van der Waals surface area contributed by atoms with Gasteiger partial charge in [0.25, 0.3) is 0 Å². The summed E-state index contributed by atoms with van der Waals surface area (Å²) >= 11 is 0. The summed E-state index contributed by atoms with van der Waals surface area (Å²) in [6.45, 7) is 5.03. The molecule has 1 aliphatic carbocycles. The van der Waals surface area contributed by atoms with E-state index in [0.717, 1.165) is 11.1 Å². The Morgan fingerprint density at radius 2 is 1.91 bits per heavy atom. The highest BCUT2D eigenvalue weighted by atomic mass is 16.4. The molecule has 0 spiro atoms. The Hall–Kier alpha value is -1.94. The molecule has 1 aliphatic heterocycles. The normalized spacial score (nSPS) is 26.1. The lowest BCUT2D eigenvalue weighted by Gasteiger charge is -2.27. The molecule has 22 heavy (non-hydrogen) atoms. The Balaban J connectivity index is 1.81. The molecular weight excluding hydrogens is 278 g/mol. The number of benzene rings is 1. The standard InChI is InChI=1S/C18H21NO3/c1-11(2)16(18(21)22)19-9-13-8-14(17(20)15(13)10-19)12-6-4-3-5-7-12/h3-8,11,13,15-16H,9-10H2,1-2H3,(H,21,22)/t13-,15+,16?/m0/s1. The smallest absolute Gasteiger partial charge is 0.321 e. The first kappa shape index (κ1) is 15.0. The minimum atomic E-state index is -0.797. The third-order valence-electron chi connectivity index (χ3n) is 4.74. The van der Waals surface area contributed by atoms with Crippen LogP contribution in [0.5, 0.6) is 0 Å². The Bertz CT molecular complexity index is 620. The maximum absolute atomic E-state index is 12.7. The fraction of sp³-hybridized carbons (Fsp3) is 0.444. The molecule has 0 saturated carbocycles. The molecule has 1 aromatic rings. The van der Waals surface area contributed by atoms with Gasteiger partial charge in [0.2, 0.25) is 0 Å². The SMILES string of the molecule is CC(C)C(C(=O)O)N1C[C@@H]2C=C(c3ccccc3)C(=O)[C@@H]2C1. The van der Waals surface area contributed by atoms with E-state index in [1.54, 1.807) is 0 Å². The van der Waals surface area contributed by atoms with Gasteiger partial charge in [-0.2, -0.15) is 0 Å². The van der Waals surface area contributed by atoms with Crippen molar-refractivity contribution in [3.8, 4) is 0 Å². The number of ketones is 1. The molecule has 1 aromatic carbocycles. The maximum atomic E-state index is 12.7. The van der Waals surface area contributed by atoms with Gasteiger partial charge in [0, 0.05) is 30.5 Å². The van der Waals surface area contributed by atoms with Gasteiger partial charge in [-0.3, -0.25) is 14.5 Å². The average molecular weight is 299 g/mol. The number of Topliss-reactive ketones (excluding diaryl/α,β-unsaturated/α-hetero) is 1. The van der Waals surface area contributed by atoms with Crippen LogP contribution in [0.25, 0.3) is 5.57 Å². The first-order valence-corrected chi connectivity index (χ1v) is 7.77. The minimum absolute atomic E-state index is 0.0315. The van der Waals surface area contributed by atoms with Crippen molar-refractivity contribution in [1.82, 2.24) is 4.90 Å². The van der Waals surface area contributed by atoms with Crippen molar-refractivity contribution in [1.29, 1.82) is 0 Å². The number of hydrogen-bond donors (Lipinski definition) is 1. The fourth-order valence-corrected chi connectivity index (χ4v) is 3.75.